The summed E-state index contributed by atoms with van der Waals surface area (Å²) >= 11 is 4.25. The van der Waals surface area contributed by atoms with E-state index in [-0.39, 0.29) is 0 Å². The van der Waals surface area contributed by atoms with Crippen molar-refractivity contribution in [3.8, 4) is 0 Å². The number of thioether (sulfide) groups is 2. The number of rotatable bonds is 2. The summed E-state index contributed by atoms with van der Waals surface area (Å²) in [5, 5.41) is 0. The molecule has 0 unspecified atom stereocenters. The van der Waals surface area contributed by atoms with Gasteiger partial charge in [0.2, 0.25) is 0 Å². The third-order valence-electron chi connectivity index (χ3n) is 2.47. The monoisotopic (exact) mass is 224 g/mol. The van der Waals surface area contributed by atoms with Gasteiger partial charge in [-0.1, -0.05) is 30.3 Å². The lowest BCUT2D eigenvalue weighted by Crippen LogP contribution is -2.23. The van der Waals surface area contributed by atoms with Gasteiger partial charge >= 0.3 is 0 Å². The van der Waals surface area contributed by atoms with E-state index in [1.807, 2.05) is 0 Å². The largest absolute Gasteiger partial charge is 0.144 e. The van der Waals surface area contributed by atoms with Crippen LogP contribution < -0.4 is 0 Å². The average molecular weight is 224 g/mol. The zero-order valence-electron chi connectivity index (χ0n) is 8.53. The molecule has 0 nitrogen and oxygen atoms in total. The Balaban J connectivity index is 2.02. The fourth-order valence-corrected chi connectivity index (χ4v) is 4.74. The molecule has 1 saturated heterocycles. The standard InChI is InChI=1S/C12H16S2/c1-12(13-8-5-9-14-12)10-11-6-3-2-4-7-11/h2-4,6-7H,5,8-10H2,1H3. The van der Waals surface area contributed by atoms with E-state index in [0.717, 1.165) is 0 Å². The third kappa shape index (κ3) is 2.71. The molecule has 1 heterocycles. The summed E-state index contributed by atoms with van der Waals surface area (Å²) in [5.41, 5.74) is 1.47. The molecular formula is C12H16S2. The van der Waals surface area contributed by atoms with E-state index in [9.17, 15) is 0 Å². The summed E-state index contributed by atoms with van der Waals surface area (Å²) in [4.78, 5) is 0. The highest BCUT2D eigenvalue weighted by molar-refractivity contribution is 8.18. The minimum Gasteiger partial charge on any atom is -0.144 e. The van der Waals surface area contributed by atoms with Gasteiger partial charge in [0.15, 0.2) is 0 Å². The Kier molecular flexibility index (Phi) is 3.45. The molecule has 1 aliphatic heterocycles. The van der Waals surface area contributed by atoms with Crippen molar-refractivity contribution in [2.75, 3.05) is 11.5 Å². The van der Waals surface area contributed by atoms with E-state index in [2.05, 4.69) is 60.8 Å². The van der Waals surface area contributed by atoms with Gasteiger partial charge in [-0.2, -0.15) is 0 Å². The van der Waals surface area contributed by atoms with Crippen LogP contribution in [0.2, 0.25) is 0 Å². The summed E-state index contributed by atoms with van der Waals surface area (Å²) in [5.74, 6) is 2.66. The first-order valence-corrected chi connectivity index (χ1v) is 7.07. The van der Waals surface area contributed by atoms with Crippen LogP contribution in [0.1, 0.15) is 18.9 Å². The number of hydrogen-bond acceptors (Lipinski definition) is 2. The zero-order valence-corrected chi connectivity index (χ0v) is 10.2. The Hall–Kier alpha value is -0.0800. The van der Waals surface area contributed by atoms with Crippen LogP contribution in [-0.2, 0) is 6.42 Å². The predicted octanol–water partition coefficient (Wildman–Crippen LogP) is 3.82. The normalized spacial score (nSPS) is 20.6. The van der Waals surface area contributed by atoms with Gasteiger partial charge in [0.1, 0.15) is 0 Å². The second kappa shape index (κ2) is 4.63. The predicted molar refractivity (Wildman–Crippen MR) is 68.1 cm³/mol. The molecule has 0 radical (unpaired) electrons. The lowest BCUT2D eigenvalue weighted by Gasteiger charge is -2.32. The van der Waals surface area contributed by atoms with Gasteiger partial charge in [-0.3, -0.25) is 0 Å². The fourth-order valence-electron chi connectivity index (χ4n) is 1.75. The van der Waals surface area contributed by atoms with E-state index < -0.39 is 0 Å². The molecular weight excluding hydrogens is 208 g/mol. The summed E-state index contributed by atoms with van der Waals surface area (Å²) in [6.45, 7) is 2.38. The van der Waals surface area contributed by atoms with Crippen LogP contribution in [0.4, 0.5) is 0 Å². The maximum Gasteiger partial charge on any atom is 0.0623 e. The number of hydrogen-bond donors (Lipinski definition) is 0. The van der Waals surface area contributed by atoms with Gasteiger partial charge in [0.25, 0.3) is 0 Å². The van der Waals surface area contributed by atoms with Crippen LogP contribution in [-0.4, -0.2) is 15.6 Å². The summed E-state index contributed by atoms with van der Waals surface area (Å²) < 4.78 is 0.416. The molecule has 0 aliphatic carbocycles. The molecule has 0 N–H and O–H groups in total. The maximum atomic E-state index is 2.38. The van der Waals surface area contributed by atoms with Crippen molar-refractivity contribution in [3.63, 3.8) is 0 Å². The Labute approximate surface area is 94.9 Å². The average Bonchev–Trinajstić information content (AvgIpc) is 2.19. The molecule has 1 aromatic rings. The van der Waals surface area contributed by atoms with Gasteiger partial charge in [0.05, 0.1) is 4.08 Å². The maximum absolute atomic E-state index is 2.38. The smallest absolute Gasteiger partial charge is 0.0623 e. The molecule has 2 heteroatoms. The minimum absolute atomic E-state index is 0.416. The molecule has 76 valence electrons. The van der Waals surface area contributed by atoms with Crippen molar-refractivity contribution in [1.29, 1.82) is 0 Å². The Bertz CT molecular complexity index is 276. The quantitative estimate of drug-likeness (QED) is 0.749. The highest BCUT2D eigenvalue weighted by Crippen LogP contribution is 2.43. The molecule has 1 aromatic carbocycles. The fraction of sp³-hybridized carbons (Fsp3) is 0.500. The van der Waals surface area contributed by atoms with Crippen molar-refractivity contribution in [2.45, 2.75) is 23.8 Å². The molecule has 0 spiro atoms. The first kappa shape index (κ1) is 10.4. The van der Waals surface area contributed by atoms with E-state index in [1.54, 1.807) is 0 Å². The van der Waals surface area contributed by atoms with E-state index >= 15 is 0 Å². The molecule has 0 amide bonds. The Morgan fingerprint density at radius 3 is 2.43 bits per heavy atom. The third-order valence-corrected chi connectivity index (χ3v) is 5.67. The SMILES string of the molecule is CC1(Cc2ccccc2)SCCCS1. The van der Waals surface area contributed by atoms with Crippen molar-refractivity contribution in [3.05, 3.63) is 35.9 Å². The van der Waals surface area contributed by atoms with Crippen LogP contribution >= 0.6 is 23.5 Å². The van der Waals surface area contributed by atoms with Crippen molar-refractivity contribution in [2.24, 2.45) is 0 Å². The van der Waals surface area contributed by atoms with Crippen molar-refractivity contribution >= 4 is 23.5 Å². The van der Waals surface area contributed by atoms with Gasteiger partial charge in [0, 0.05) is 0 Å². The zero-order chi connectivity index (χ0) is 9.86. The van der Waals surface area contributed by atoms with Crippen LogP contribution in [0.5, 0.6) is 0 Å². The minimum atomic E-state index is 0.416. The summed E-state index contributed by atoms with van der Waals surface area (Å²) in [6, 6.07) is 10.8. The van der Waals surface area contributed by atoms with E-state index in [1.165, 1.54) is 29.9 Å². The molecule has 0 aromatic heterocycles. The van der Waals surface area contributed by atoms with Crippen LogP contribution in [0, 0.1) is 0 Å². The second-order valence-corrected chi connectivity index (χ2v) is 7.30. The van der Waals surface area contributed by atoms with Gasteiger partial charge < -0.3 is 0 Å². The molecule has 0 atom stereocenters. The number of benzene rings is 1. The van der Waals surface area contributed by atoms with E-state index in [0.29, 0.717) is 4.08 Å². The summed E-state index contributed by atoms with van der Waals surface area (Å²) in [6.07, 6.45) is 2.57. The highest BCUT2D eigenvalue weighted by atomic mass is 32.2. The second-order valence-electron chi connectivity index (χ2n) is 3.85. The van der Waals surface area contributed by atoms with Crippen LogP contribution in [0.3, 0.4) is 0 Å². The molecule has 1 aliphatic rings. The molecule has 2 rings (SSSR count). The van der Waals surface area contributed by atoms with Gasteiger partial charge in [-0.25, -0.2) is 0 Å². The van der Waals surface area contributed by atoms with Gasteiger partial charge in [-0.15, -0.1) is 23.5 Å². The van der Waals surface area contributed by atoms with Crippen LogP contribution in [0.25, 0.3) is 0 Å². The van der Waals surface area contributed by atoms with Crippen molar-refractivity contribution < 1.29 is 0 Å². The van der Waals surface area contributed by atoms with Crippen molar-refractivity contribution in [1.82, 2.24) is 0 Å². The lowest BCUT2D eigenvalue weighted by molar-refractivity contribution is 0.861. The first-order chi connectivity index (χ1) is 6.79. The molecule has 0 bridgehead atoms. The Morgan fingerprint density at radius 1 is 1.14 bits per heavy atom. The van der Waals surface area contributed by atoms with Crippen LogP contribution in [0.15, 0.2) is 30.3 Å². The highest BCUT2D eigenvalue weighted by Gasteiger charge is 2.28. The Morgan fingerprint density at radius 2 is 1.79 bits per heavy atom. The molecule has 1 fully saturated rings. The molecule has 14 heavy (non-hydrogen) atoms. The topological polar surface area (TPSA) is 0 Å². The summed E-state index contributed by atoms with van der Waals surface area (Å²) in [7, 11) is 0. The van der Waals surface area contributed by atoms with Gasteiger partial charge in [-0.05, 0) is 36.8 Å². The first-order valence-electron chi connectivity index (χ1n) is 5.10. The molecule has 0 saturated carbocycles. The van der Waals surface area contributed by atoms with E-state index in [4.69, 9.17) is 0 Å². The lowest BCUT2D eigenvalue weighted by atomic mass is 10.1.